The Kier molecular flexibility index (Phi) is 3.69. The van der Waals surface area contributed by atoms with Crippen LogP contribution in [0.2, 0.25) is 0 Å². The molecule has 5 heteroatoms. The Morgan fingerprint density at radius 1 is 1.45 bits per heavy atom. The summed E-state index contributed by atoms with van der Waals surface area (Å²) in [5.74, 6) is 2.01. The van der Waals surface area contributed by atoms with Crippen LogP contribution >= 0.6 is 0 Å². The van der Waals surface area contributed by atoms with Crippen LogP contribution in [0, 0.1) is 0 Å². The second kappa shape index (κ2) is 5.63. The van der Waals surface area contributed by atoms with Crippen molar-refractivity contribution in [3.05, 3.63) is 41.5 Å². The van der Waals surface area contributed by atoms with Gasteiger partial charge in [-0.2, -0.15) is 4.98 Å². The van der Waals surface area contributed by atoms with Gasteiger partial charge < -0.3 is 14.6 Å². The predicted octanol–water partition coefficient (Wildman–Crippen LogP) is 3.27. The Morgan fingerprint density at radius 2 is 2.30 bits per heavy atom. The zero-order valence-electron chi connectivity index (χ0n) is 11.8. The molecule has 0 bridgehead atoms. The monoisotopic (exact) mass is 273 g/mol. The van der Waals surface area contributed by atoms with Gasteiger partial charge in [-0.05, 0) is 37.5 Å². The Bertz CT molecular complexity index is 578. The van der Waals surface area contributed by atoms with Crippen molar-refractivity contribution in [2.75, 3.05) is 12.4 Å². The van der Waals surface area contributed by atoms with E-state index in [0.29, 0.717) is 18.4 Å². The lowest BCUT2D eigenvalue weighted by Gasteiger charge is -2.11. The second-order valence-corrected chi connectivity index (χ2v) is 5.18. The van der Waals surface area contributed by atoms with E-state index in [1.807, 2.05) is 19.1 Å². The molecule has 0 aliphatic heterocycles. The minimum atomic E-state index is 0.0848. The highest BCUT2D eigenvalue weighted by atomic mass is 16.5. The average Bonchev–Trinajstić information content (AvgIpc) is 3.23. The number of methoxy groups -OCH3 is 1. The summed E-state index contributed by atoms with van der Waals surface area (Å²) in [6, 6.07) is 8.16. The number of hydrogen-bond donors (Lipinski definition) is 1. The summed E-state index contributed by atoms with van der Waals surface area (Å²) in [5, 5.41) is 7.30. The summed E-state index contributed by atoms with van der Waals surface area (Å²) in [4.78, 5) is 4.40. The molecule has 3 rings (SSSR count). The summed E-state index contributed by atoms with van der Waals surface area (Å²) >= 11 is 0. The van der Waals surface area contributed by atoms with E-state index in [1.54, 1.807) is 7.11 Å². The maximum absolute atomic E-state index is 5.32. The Labute approximate surface area is 118 Å². The number of hydrogen-bond acceptors (Lipinski definition) is 5. The molecule has 0 saturated heterocycles. The molecule has 5 nitrogen and oxygen atoms in total. The van der Waals surface area contributed by atoms with Crippen molar-refractivity contribution in [1.29, 1.82) is 0 Å². The minimum absolute atomic E-state index is 0.0848. The van der Waals surface area contributed by atoms with Gasteiger partial charge in [-0.1, -0.05) is 17.3 Å². The van der Waals surface area contributed by atoms with Crippen LogP contribution in [-0.2, 0) is 11.3 Å². The molecule has 2 aromatic rings. The third kappa shape index (κ3) is 2.99. The van der Waals surface area contributed by atoms with Crippen molar-refractivity contribution in [2.24, 2.45) is 0 Å². The van der Waals surface area contributed by atoms with Crippen LogP contribution in [0.3, 0.4) is 0 Å². The van der Waals surface area contributed by atoms with Gasteiger partial charge in [0.15, 0.2) is 5.82 Å². The molecule has 106 valence electrons. The van der Waals surface area contributed by atoms with Gasteiger partial charge >= 0.3 is 0 Å². The lowest BCUT2D eigenvalue weighted by molar-refractivity contribution is 0.119. The molecule has 1 unspecified atom stereocenters. The topological polar surface area (TPSA) is 60.2 Å². The van der Waals surface area contributed by atoms with E-state index >= 15 is 0 Å². The van der Waals surface area contributed by atoms with Crippen LogP contribution < -0.4 is 5.32 Å². The highest BCUT2D eigenvalue weighted by Crippen LogP contribution is 2.38. The summed E-state index contributed by atoms with van der Waals surface area (Å²) < 4.78 is 10.6. The quantitative estimate of drug-likeness (QED) is 0.875. The van der Waals surface area contributed by atoms with Crippen LogP contribution in [0.5, 0.6) is 0 Å². The van der Waals surface area contributed by atoms with Crippen molar-refractivity contribution in [3.8, 4) is 0 Å². The van der Waals surface area contributed by atoms with Gasteiger partial charge in [0.05, 0.1) is 12.6 Å². The van der Waals surface area contributed by atoms with E-state index in [-0.39, 0.29) is 6.10 Å². The van der Waals surface area contributed by atoms with Crippen molar-refractivity contribution >= 4 is 5.69 Å². The molecule has 1 aromatic heterocycles. The van der Waals surface area contributed by atoms with E-state index in [1.165, 1.54) is 12.8 Å². The molecule has 1 atom stereocenters. The summed E-state index contributed by atoms with van der Waals surface area (Å²) in [6.07, 6.45) is 2.45. The summed E-state index contributed by atoms with van der Waals surface area (Å²) in [7, 11) is 1.71. The van der Waals surface area contributed by atoms with Gasteiger partial charge in [-0.15, -0.1) is 0 Å². The largest absolute Gasteiger partial charge is 0.377 e. The van der Waals surface area contributed by atoms with Crippen LogP contribution in [0.15, 0.2) is 28.8 Å². The standard InChI is InChI=1S/C15H19N3O2/c1-10(19-2)12-4-3-5-13(8-12)16-9-14-17-15(18-20-14)11-6-7-11/h3-5,8,10-11,16H,6-7,9H2,1-2H3. The number of nitrogens with one attached hydrogen (secondary N) is 1. The Balaban J connectivity index is 1.62. The molecule has 1 heterocycles. The van der Waals surface area contributed by atoms with Gasteiger partial charge in [0.1, 0.15) is 0 Å². The zero-order chi connectivity index (χ0) is 13.9. The highest BCUT2D eigenvalue weighted by molar-refractivity contribution is 5.46. The average molecular weight is 273 g/mol. The van der Waals surface area contributed by atoms with Gasteiger partial charge in [0, 0.05) is 18.7 Å². The number of nitrogens with zero attached hydrogens (tertiary/aromatic N) is 2. The van der Waals surface area contributed by atoms with Crippen LogP contribution in [0.4, 0.5) is 5.69 Å². The van der Waals surface area contributed by atoms with Gasteiger partial charge in [-0.25, -0.2) is 0 Å². The first-order chi connectivity index (χ1) is 9.76. The minimum Gasteiger partial charge on any atom is -0.377 e. The van der Waals surface area contributed by atoms with Crippen LogP contribution in [0.1, 0.15) is 49.1 Å². The van der Waals surface area contributed by atoms with Gasteiger partial charge in [0.2, 0.25) is 5.89 Å². The molecule has 0 radical (unpaired) electrons. The smallest absolute Gasteiger partial charge is 0.245 e. The van der Waals surface area contributed by atoms with Crippen molar-refractivity contribution in [1.82, 2.24) is 10.1 Å². The molecule has 1 aromatic carbocycles. The molecule has 1 aliphatic rings. The zero-order valence-corrected chi connectivity index (χ0v) is 11.8. The lowest BCUT2D eigenvalue weighted by Crippen LogP contribution is -2.02. The third-order valence-corrected chi connectivity index (χ3v) is 3.58. The third-order valence-electron chi connectivity index (χ3n) is 3.58. The molecule has 20 heavy (non-hydrogen) atoms. The van der Waals surface area contributed by atoms with E-state index in [2.05, 4.69) is 27.6 Å². The van der Waals surface area contributed by atoms with Gasteiger partial charge in [-0.3, -0.25) is 0 Å². The first-order valence-corrected chi connectivity index (χ1v) is 6.95. The number of ether oxygens (including phenoxy) is 1. The van der Waals surface area contributed by atoms with E-state index in [0.717, 1.165) is 17.1 Å². The van der Waals surface area contributed by atoms with Crippen molar-refractivity contribution < 1.29 is 9.26 Å². The van der Waals surface area contributed by atoms with Gasteiger partial charge in [0.25, 0.3) is 0 Å². The molecule has 1 saturated carbocycles. The van der Waals surface area contributed by atoms with Crippen LogP contribution in [-0.4, -0.2) is 17.3 Å². The molecule has 1 aliphatic carbocycles. The van der Waals surface area contributed by atoms with E-state index in [9.17, 15) is 0 Å². The fraction of sp³-hybridized carbons (Fsp3) is 0.467. The van der Waals surface area contributed by atoms with Crippen molar-refractivity contribution in [3.63, 3.8) is 0 Å². The van der Waals surface area contributed by atoms with Crippen LogP contribution in [0.25, 0.3) is 0 Å². The first kappa shape index (κ1) is 13.1. The Morgan fingerprint density at radius 3 is 3.05 bits per heavy atom. The maximum atomic E-state index is 5.32. The fourth-order valence-electron chi connectivity index (χ4n) is 2.06. The molecular formula is C15H19N3O2. The van der Waals surface area contributed by atoms with E-state index < -0.39 is 0 Å². The van der Waals surface area contributed by atoms with Crippen molar-refractivity contribution in [2.45, 2.75) is 38.3 Å². The highest BCUT2D eigenvalue weighted by Gasteiger charge is 2.28. The van der Waals surface area contributed by atoms with E-state index in [4.69, 9.17) is 9.26 Å². The molecular weight excluding hydrogens is 254 g/mol. The number of anilines is 1. The molecule has 0 spiro atoms. The fourth-order valence-corrected chi connectivity index (χ4v) is 2.06. The maximum Gasteiger partial charge on any atom is 0.245 e. The SMILES string of the molecule is COC(C)c1cccc(NCc2nc(C3CC3)no2)c1. The lowest BCUT2D eigenvalue weighted by atomic mass is 10.1. The second-order valence-electron chi connectivity index (χ2n) is 5.18. The number of rotatable bonds is 6. The summed E-state index contributed by atoms with van der Waals surface area (Å²) in [6.45, 7) is 2.57. The normalized spacial score (nSPS) is 16.1. The summed E-state index contributed by atoms with van der Waals surface area (Å²) in [5.41, 5.74) is 2.17. The Hall–Kier alpha value is -1.88. The molecule has 0 amide bonds. The predicted molar refractivity (Wildman–Crippen MR) is 75.5 cm³/mol. The first-order valence-electron chi connectivity index (χ1n) is 6.95. The number of benzene rings is 1. The number of aromatic nitrogens is 2. The molecule has 1 fully saturated rings. The molecule has 1 N–H and O–H groups in total.